The number of amides is 2. The molecule has 1 aliphatic carbocycles. The summed E-state index contributed by atoms with van der Waals surface area (Å²) in [6.45, 7) is 10.2. The van der Waals surface area contributed by atoms with Crippen molar-refractivity contribution in [1.29, 1.82) is 0 Å². The van der Waals surface area contributed by atoms with Crippen LogP contribution in [0.4, 0.5) is 5.69 Å². The summed E-state index contributed by atoms with van der Waals surface area (Å²) in [6.07, 6.45) is 2.96. The van der Waals surface area contributed by atoms with Crippen molar-refractivity contribution in [3.63, 3.8) is 0 Å². The maximum atomic E-state index is 14.1. The van der Waals surface area contributed by atoms with Gasteiger partial charge in [0.1, 0.15) is 31.0 Å². The van der Waals surface area contributed by atoms with Crippen molar-refractivity contribution in [2.24, 2.45) is 5.41 Å². The summed E-state index contributed by atoms with van der Waals surface area (Å²) in [4.78, 5) is 29.1. The molecule has 3 saturated heterocycles. The zero-order chi connectivity index (χ0) is 26.6. The average Bonchev–Trinajstić information content (AvgIpc) is 3.23. The van der Waals surface area contributed by atoms with E-state index in [1.54, 1.807) is 24.3 Å². The Hall–Kier alpha value is -1.71. The van der Waals surface area contributed by atoms with Crippen molar-refractivity contribution >= 4 is 29.1 Å². The molecule has 2 amide bonds. The standard InChI is InChI=1S/C28H39ClN2O6/c1-26(2,3)16-27(4,5)30-24(33)20-21-22(23-25(35-21)37-28(36-23)13-9-6-10-14-28)34-15-19(32)31(20)18-12-8-7-11-17(18)29/h7-8,11-12,20-23,25H,6,9-10,13-16H2,1-5H3,(H,30,33)/t20-,21-,22+,23-,25-/m1/s1. The fourth-order valence-electron chi connectivity index (χ4n) is 6.64. The van der Waals surface area contributed by atoms with E-state index >= 15 is 0 Å². The minimum Gasteiger partial charge on any atom is -0.363 e. The Labute approximate surface area is 224 Å². The van der Waals surface area contributed by atoms with Crippen molar-refractivity contribution in [1.82, 2.24) is 5.32 Å². The molecule has 1 aromatic rings. The Balaban J connectivity index is 1.48. The van der Waals surface area contributed by atoms with E-state index < -0.39 is 42.0 Å². The lowest BCUT2D eigenvalue weighted by Gasteiger charge is -2.39. The van der Waals surface area contributed by atoms with E-state index in [2.05, 4.69) is 26.1 Å². The highest BCUT2D eigenvalue weighted by Crippen LogP contribution is 2.47. The van der Waals surface area contributed by atoms with Crippen molar-refractivity contribution in [2.45, 2.75) is 115 Å². The number of carbonyl (C=O) groups is 2. The van der Waals surface area contributed by atoms with Crippen LogP contribution in [0.5, 0.6) is 0 Å². The number of carbonyl (C=O) groups excluding carboxylic acids is 2. The Morgan fingerprint density at radius 1 is 1.05 bits per heavy atom. The topological polar surface area (TPSA) is 86.3 Å². The number of nitrogens with zero attached hydrogens (tertiary/aromatic N) is 1. The van der Waals surface area contributed by atoms with Crippen LogP contribution in [-0.2, 0) is 28.5 Å². The van der Waals surface area contributed by atoms with Gasteiger partial charge in [-0.05, 0) is 50.7 Å². The molecule has 1 spiro atoms. The van der Waals surface area contributed by atoms with Gasteiger partial charge in [-0.25, -0.2) is 0 Å². The molecular formula is C28H39ClN2O6. The van der Waals surface area contributed by atoms with Gasteiger partial charge in [-0.15, -0.1) is 0 Å². The smallest absolute Gasteiger partial charge is 0.253 e. The lowest BCUT2D eigenvalue weighted by Crippen LogP contribution is -2.61. The Kier molecular flexibility index (Phi) is 7.12. The minimum absolute atomic E-state index is 0.0129. The number of ether oxygens (including phenoxy) is 4. The average molecular weight is 535 g/mol. The second-order valence-corrected chi connectivity index (χ2v) is 13.1. The van der Waals surface area contributed by atoms with Crippen molar-refractivity contribution < 1.29 is 28.5 Å². The van der Waals surface area contributed by atoms with Crippen molar-refractivity contribution in [3.05, 3.63) is 29.3 Å². The largest absolute Gasteiger partial charge is 0.363 e. The van der Waals surface area contributed by atoms with E-state index in [1.165, 1.54) is 4.90 Å². The normalized spacial score (nSPS) is 31.7. The van der Waals surface area contributed by atoms with Crippen molar-refractivity contribution in [3.8, 4) is 0 Å². The third kappa shape index (κ3) is 5.41. The molecule has 0 radical (unpaired) electrons. The molecule has 0 unspecified atom stereocenters. The summed E-state index contributed by atoms with van der Waals surface area (Å²) in [7, 11) is 0. The molecule has 4 aliphatic rings. The summed E-state index contributed by atoms with van der Waals surface area (Å²) in [6, 6.07) is 6.01. The van der Waals surface area contributed by atoms with Crippen LogP contribution in [0.3, 0.4) is 0 Å². The number of halogens is 1. The van der Waals surface area contributed by atoms with Crippen LogP contribution in [-0.4, -0.2) is 60.4 Å². The number of para-hydroxylation sites is 1. The summed E-state index contributed by atoms with van der Waals surface area (Å²) in [5, 5.41) is 3.56. The number of anilines is 1. The summed E-state index contributed by atoms with van der Waals surface area (Å²) in [5.74, 6) is -1.36. The fourth-order valence-corrected chi connectivity index (χ4v) is 6.87. The molecule has 204 valence electrons. The third-order valence-corrected chi connectivity index (χ3v) is 7.90. The van der Waals surface area contributed by atoms with Crippen LogP contribution in [0.25, 0.3) is 0 Å². The molecule has 4 fully saturated rings. The van der Waals surface area contributed by atoms with E-state index in [1.807, 2.05) is 13.8 Å². The van der Waals surface area contributed by atoms with Gasteiger partial charge in [0, 0.05) is 18.4 Å². The third-order valence-electron chi connectivity index (χ3n) is 7.58. The number of hydrogen-bond acceptors (Lipinski definition) is 6. The number of fused-ring (bicyclic) bond motifs is 3. The molecule has 9 heteroatoms. The number of benzene rings is 1. The quantitative estimate of drug-likeness (QED) is 0.609. The second kappa shape index (κ2) is 9.79. The SMILES string of the molecule is CC(C)(C)CC(C)(C)NC(=O)[C@H]1[C@H]2O[C@@H]3OC4(CCCCC4)O[C@@H]3[C@H]2OCC(=O)N1c1ccccc1Cl. The van der Waals surface area contributed by atoms with E-state index in [4.69, 9.17) is 30.5 Å². The van der Waals surface area contributed by atoms with Crippen LogP contribution in [0, 0.1) is 5.41 Å². The summed E-state index contributed by atoms with van der Waals surface area (Å²) < 4.78 is 25.4. The number of nitrogens with one attached hydrogen (secondary N) is 1. The van der Waals surface area contributed by atoms with Crippen LogP contribution in [0.1, 0.15) is 73.1 Å². The molecule has 8 nitrogen and oxygen atoms in total. The van der Waals surface area contributed by atoms with E-state index in [0.717, 1.165) is 38.5 Å². The van der Waals surface area contributed by atoms with Crippen molar-refractivity contribution in [2.75, 3.05) is 11.5 Å². The molecule has 1 saturated carbocycles. The van der Waals surface area contributed by atoms with Gasteiger partial charge >= 0.3 is 0 Å². The highest BCUT2D eigenvalue weighted by atomic mass is 35.5. The first-order valence-corrected chi connectivity index (χ1v) is 13.8. The monoisotopic (exact) mass is 534 g/mol. The summed E-state index contributed by atoms with van der Waals surface area (Å²) in [5.41, 5.74) is -0.0969. The number of hydrogen-bond donors (Lipinski definition) is 1. The molecule has 3 aliphatic heterocycles. The molecular weight excluding hydrogens is 496 g/mol. The van der Waals surface area contributed by atoms with Crippen LogP contribution < -0.4 is 10.2 Å². The fraction of sp³-hybridized carbons (Fsp3) is 0.714. The second-order valence-electron chi connectivity index (χ2n) is 12.7. The molecule has 1 N–H and O–H groups in total. The lowest BCUT2D eigenvalue weighted by atomic mass is 9.81. The zero-order valence-electron chi connectivity index (χ0n) is 22.4. The zero-order valence-corrected chi connectivity index (χ0v) is 23.2. The first-order valence-electron chi connectivity index (χ1n) is 13.4. The predicted octanol–water partition coefficient (Wildman–Crippen LogP) is 4.57. The van der Waals surface area contributed by atoms with Gasteiger partial charge in [-0.3, -0.25) is 14.5 Å². The van der Waals surface area contributed by atoms with Gasteiger partial charge in [0.05, 0.1) is 10.7 Å². The highest BCUT2D eigenvalue weighted by Gasteiger charge is 2.63. The van der Waals surface area contributed by atoms with E-state index in [0.29, 0.717) is 10.7 Å². The Morgan fingerprint density at radius 2 is 1.76 bits per heavy atom. The molecule has 37 heavy (non-hydrogen) atoms. The first kappa shape index (κ1) is 26.9. The van der Waals surface area contributed by atoms with Crippen LogP contribution in [0.2, 0.25) is 5.02 Å². The molecule has 0 aromatic heterocycles. The maximum absolute atomic E-state index is 14.1. The van der Waals surface area contributed by atoms with E-state index in [-0.39, 0.29) is 23.8 Å². The predicted molar refractivity (Wildman–Crippen MR) is 139 cm³/mol. The molecule has 3 heterocycles. The Bertz CT molecular complexity index is 1030. The van der Waals surface area contributed by atoms with E-state index in [9.17, 15) is 9.59 Å². The lowest BCUT2D eigenvalue weighted by molar-refractivity contribution is -0.248. The first-order chi connectivity index (χ1) is 17.4. The van der Waals surface area contributed by atoms with Gasteiger partial charge in [0.25, 0.3) is 5.91 Å². The van der Waals surface area contributed by atoms with Gasteiger partial charge < -0.3 is 24.3 Å². The molecule has 5 rings (SSSR count). The maximum Gasteiger partial charge on any atom is 0.253 e. The molecule has 5 atom stereocenters. The summed E-state index contributed by atoms with van der Waals surface area (Å²) >= 11 is 6.55. The Morgan fingerprint density at radius 3 is 2.43 bits per heavy atom. The van der Waals surface area contributed by atoms with Crippen LogP contribution >= 0.6 is 11.6 Å². The number of rotatable bonds is 4. The molecule has 0 bridgehead atoms. The van der Waals surface area contributed by atoms with Gasteiger partial charge in [-0.2, -0.15) is 0 Å². The highest BCUT2D eigenvalue weighted by molar-refractivity contribution is 6.34. The van der Waals surface area contributed by atoms with Gasteiger partial charge in [0.15, 0.2) is 12.1 Å². The van der Waals surface area contributed by atoms with Gasteiger partial charge in [-0.1, -0.05) is 50.9 Å². The van der Waals surface area contributed by atoms with Gasteiger partial charge in [0.2, 0.25) is 5.91 Å². The molecule has 1 aromatic carbocycles. The minimum atomic E-state index is -1.01. The van der Waals surface area contributed by atoms with Crippen LogP contribution in [0.15, 0.2) is 24.3 Å².